The zero-order chi connectivity index (χ0) is 13.2. The molecule has 1 aromatic rings. The zero-order valence-electron chi connectivity index (χ0n) is 10.4. The van der Waals surface area contributed by atoms with E-state index >= 15 is 0 Å². The lowest BCUT2D eigenvalue weighted by Gasteiger charge is -2.19. The summed E-state index contributed by atoms with van der Waals surface area (Å²) in [6.07, 6.45) is 1.94. The van der Waals surface area contributed by atoms with Crippen molar-refractivity contribution in [3.05, 3.63) is 11.7 Å². The van der Waals surface area contributed by atoms with Gasteiger partial charge in [-0.15, -0.1) is 0 Å². The molecule has 2 rings (SSSR count). The van der Waals surface area contributed by atoms with E-state index in [0.29, 0.717) is 36.7 Å². The van der Waals surface area contributed by atoms with Crippen molar-refractivity contribution in [2.75, 3.05) is 11.5 Å². The number of hydrogen-bond acceptors (Lipinski definition) is 6. The molecule has 1 fully saturated rings. The van der Waals surface area contributed by atoms with Crippen LogP contribution in [0.25, 0.3) is 0 Å². The lowest BCUT2D eigenvalue weighted by Crippen LogP contribution is -2.26. The van der Waals surface area contributed by atoms with Crippen LogP contribution < -0.4 is 0 Å². The maximum atomic E-state index is 11.5. The molecule has 2 unspecified atom stereocenters. The van der Waals surface area contributed by atoms with E-state index in [9.17, 15) is 13.5 Å². The summed E-state index contributed by atoms with van der Waals surface area (Å²) in [5, 5.41) is 13.0. The summed E-state index contributed by atoms with van der Waals surface area (Å²) in [5.41, 5.74) is 0. The van der Waals surface area contributed by atoms with Crippen molar-refractivity contribution in [2.45, 2.75) is 38.7 Å². The van der Waals surface area contributed by atoms with Crippen LogP contribution in [-0.2, 0) is 22.7 Å². The molecule has 7 heteroatoms. The smallest absolute Gasteiger partial charge is 0.226 e. The monoisotopic (exact) mass is 274 g/mol. The minimum absolute atomic E-state index is 0.0728. The van der Waals surface area contributed by atoms with Gasteiger partial charge in [-0.05, 0) is 25.7 Å². The number of aliphatic hydroxyl groups excluding tert-OH is 1. The predicted octanol–water partition coefficient (Wildman–Crippen LogP) is 0.360. The highest BCUT2D eigenvalue weighted by Gasteiger charge is 2.26. The van der Waals surface area contributed by atoms with Gasteiger partial charge in [-0.3, -0.25) is 0 Å². The van der Waals surface area contributed by atoms with Gasteiger partial charge in [0.25, 0.3) is 0 Å². The first-order chi connectivity index (χ1) is 8.44. The van der Waals surface area contributed by atoms with Crippen LogP contribution >= 0.6 is 0 Å². The molecule has 0 spiro atoms. The Hall–Kier alpha value is -0.950. The minimum Gasteiger partial charge on any atom is -0.393 e. The van der Waals surface area contributed by atoms with Crippen molar-refractivity contribution in [3.63, 3.8) is 0 Å². The lowest BCUT2D eigenvalue weighted by atomic mass is 10.0. The molecule has 0 bridgehead atoms. The fourth-order valence-corrected chi connectivity index (χ4v) is 4.02. The van der Waals surface area contributed by atoms with E-state index in [2.05, 4.69) is 10.1 Å². The molecule has 1 aromatic heterocycles. The zero-order valence-corrected chi connectivity index (χ0v) is 11.2. The van der Waals surface area contributed by atoms with E-state index < -0.39 is 15.9 Å². The van der Waals surface area contributed by atoms with Gasteiger partial charge in [-0.1, -0.05) is 5.16 Å². The summed E-state index contributed by atoms with van der Waals surface area (Å²) in [6.45, 7) is 1.66. The second kappa shape index (κ2) is 5.36. The van der Waals surface area contributed by atoms with Crippen LogP contribution in [0.5, 0.6) is 0 Å². The van der Waals surface area contributed by atoms with Crippen molar-refractivity contribution in [2.24, 2.45) is 5.92 Å². The van der Waals surface area contributed by atoms with Gasteiger partial charge in [-0.25, -0.2) is 8.42 Å². The molecule has 0 aliphatic carbocycles. The Morgan fingerprint density at radius 2 is 2.33 bits per heavy atom. The SMILES string of the molecule is CC(O)Cc1noc(CC2CCCS(=O)(=O)C2)n1. The second-order valence-electron chi connectivity index (χ2n) is 4.98. The van der Waals surface area contributed by atoms with Crippen molar-refractivity contribution in [3.8, 4) is 0 Å². The van der Waals surface area contributed by atoms with Crippen LogP contribution in [0.4, 0.5) is 0 Å². The van der Waals surface area contributed by atoms with Crippen molar-refractivity contribution in [1.82, 2.24) is 10.1 Å². The molecule has 102 valence electrons. The molecule has 0 saturated carbocycles. The Morgan fingerprint density at radius 1 is 1.56 bits per heavy atom. The fourth-order valence-electron chi connectivity index (χ4n) is 2.25. The first-order valence-corrected chi connectivity index (χ1v) is 7.97. The number of aliphatic hydroxyl groups is 1. The van der Waals surface area contributed by atoms with Gasteiger partial charge in [0.15, 0.2) is 15.7 Å². The van der Waals surface area contributed by atoms with E-state index in [1.807, 2.05) is 0 Å². The van der Waals surface area contributed by atoms with Gasteiger partial charge in [0.05, 0.1) is 17.6 Å². The Kier molecular flexibility index (Phi) is 4.01. The molecule has 6 nitrogen and oxygen atoms in total. The average molecular weight is 274 g/mol. The quantitative estimate of drug-likeness (QED) is 0.852. The Morgan fingerprint density at radius 3 is 3.00 bits per heavy atom. The summed E-state index contributed by atoms with van der Waals surface area (Å²) in [6, 6.07) is 0. The van der Waals surface area contributed by atoms with Gasteiger partial charge < -0.3 is 9.63 Å². The molecule has 2 atom stereocenters. The van der Waals surface area contributed by atoms with Crippen molar-refractivity contribution >= 4 is 9.84 Å². The maximum Gasteiger partial charge on any atom is 0.226 e. The van der Waals surface area contributed by atoms with Gasteiger partial charge in [-0.2, -0.15) is 4.98 Å². The van der Waals surface area contributed by atoms with Gasteiger partial charge in [0.2, 0.25) is 5.89 Å². The van der Waals surface area contributed by atoms with Crippen LogP contribution in [0.2, 0.25) is 0 Å². The van der Waals surface area contributed by atoms with E-state index in [0.717, 1.165) is 6.42 Å². The molecular formula is C11H18N2O4S. The third-order valence-corrected chi connectivity index (χ3v) is 4.90. The van der Waals surface area contributed by atoms with E-state index in [1.54, 1.807) is 6.92 Å². The Labute approximate surface area is 106 Å². The number of sulfone groups is 1. The summed E-state index contributed by atoms with van der Waals surface area (Å²) in [5.74, 6) is 1.51. The first kappa shape index (κ1) is 13.5. The van der Waals surface area contributed by atoms with E-state index in [1.165, 1.54) is 0 Å². The second-order valence-corrected chi connectivity index (χ2v) is 7.21. The standard InChI is InChI=1S/C11H18N2O4S/c1-8(14)5-10-12-11(17-13-10)6-9-3-2-4-18(15,16)7-9/h8-9,14H,2-7H2,1H3. The highest BCUT2D eigenvalue weighted by atomic mass is 32.2. The number of aromatic nitrogens is 2. The summed E-state index contributed by atoms with van der Waals surface area (Å²) in [7, 11) is -2.89. The summed E-state index contributed by atoms with van der Waals surface area (Å²) in [4.78, 5) is 4.16. The van der Waals surface area contributed by atoms with Crippen LogP contribution in [-0.4, -0.2) is 41.3 Å². The van der Waals surface area contributed by atoms with Crippen molar-refractivity contribution in [1.29, 1.82) is 0 Å². The molecule has 1 saturated heterocycles. The van der Waals surface area contributed by atoms with Gasteiger partial charge >= 0.3 is 0 Å². The van der Waals surface area contributed by atoms with E-state index in [4.69, 9.17) is 4.52 Å². The molecule has 0 aromatic carbocycles. The molecule has 2 heterocycles. The molecule has 1 N–H and O–H groups in total. The molecule has 0 amide bonds. The molecule has 1 aliphatic heterocycles. The molecular weight excluding hydrogens is 256 g/mol. The summed E-state index contributed by atoms with van der Waals surface area (Å²) >= 11 is 0. The molecule has 1 aliphatic rings. The van der Waals surface area contributed by atoms with Crippen LogP contribution in [0, 0.1) is 5.92 Å². The third kappa shape index (κ3) is 3.78. The Bertz CT molecular complexity index is 495. The van der Waals surface area contributed by atoms with Gasteiger partial charge in [0.1, 0.15) is 0 Å². The van der Waals surface area contributed by atoms with Crippen LogP contribution in [0.15, 0.2) is 4.52 Å². The van der Waals surface area contributed by atoms with Crippen molar-refractivity contribution < 1.29 is 18.0 Å². The van der Waals surface area contributed by atoms with Gasteiger partial charge in [0, 0.05) is 12.8 Å². The third-order valence-electron chi connectivity index (χ3n) is 3.01. The normalized spacial score (nSPS) is 24.9. The van der Waals surface area contributed by atoms with E-state index in [-0.39, 0.29) is 11.7 Å². The average Bonchev–Trinajstić information content (AvgIpc) is 2.62. The highest BCUT2D eigenvalue weighted by Crippen LogP contribution is 2.21. The number of hydrogen-bond donors (Lipinski definition) is 1. The molecule has 0 radical (unpaired) electrons. The Balaban J connectivity index is 1.95. The highest BCUT2D eigenvalue weighted by molar-refractivity contribution is 7.91. The predicted molar refractivity (Wildman–Crippen MR) is 64.8 cm³/mol. The molecule has 18 heavy (non-hydrogen) atoms. The van der Waals surface area contributed by atoms with Crippen LogP contribution in [0.3, 0.4) is 0 Å². The minimum atomic E-state index is -2.89. The lowest BCUT2D eigenvalue weighted by molar-refractivity contribution is 0.191. The number of nitrogens with zero attached hydrogens (tertiary/aromatic N) is 2. The van der Waals surface area contributed by atoms with Crippen LogP contribution in [0.1, 0.15) is 31.5 Å². The first-order valence-electron chi connectivity index (χ1n) is 6.14. The fraction of sp³-hybridized carbons (Fsp3) is 0.818. The largest absolute Gasteiger partial charge is 0.393 e. The maximum absolute atomic E-state index is 11.5. The number of rotatable bonds is 4. The summed E-state index contributed by atoms with van der Waals surface area (Å²) < 4.78 is 28.1. The topological polar surface area (TPSA) is 93.3 Å².